The van der Waals surface area contributed by atoms with Crippen molar-refractivity contribution in [2.45, 2.75) is 6.42 Å². The van der Waals surface area contributed by atoms with Gasteiger partial charge in [-0.05, 0) is 38.4 Å². The SMILES string of the molecule is COc1ccc(C(=O)N2C[C@@H](CN(C)C)C[C@H](CO)C2)c(OC)n1. The fourth-order valence-electron chi connectivity index (χ4n) is 3.29. The number of methoxy groups -OCH3 is 2. The van der Waals surface area contributed by atoms with Crippen LogP contribution in [-0.4, -0.2) is 80.4 Å². The first-order chi connectivity index (χ1) is 11.5. The number of amides is 1. The molecule has 7 nitrogen and oxygen atoms in total. The lowest BCUT2D eigenvalue weighted by Crippen LogP contribution is -2.47. The summed E-state index contributed by atoms with van der Waals surface area (Å²) in [7, 11) is 7.04. The molecule has 1 aliphatic rings. The van der Waals surface area contributed by atoms with Crippen LogP contribution in [0.15, 0.2) is 12.1 Å². The van der Waals surface area contributed by atoms with E-state index in [-0.39, 0.29) is 24.3 Å². The van der Waals surface area contributed by atoms with E-state index < -0.39 is 0 Å². The quantitative estimate of drug-likeness (QED) is 0.825. The van der Waals surface area contributed by atoms with Crippen LogP contribution in [0, 0.1) is 11.8 Å². The molecule has 0 radical (unpaired) electrons. The normalized spacial score (nSPS) is 21.0. The molecule has 1 aliphatic heterocycles. The van der Waals surface area contributed by atoms with Crippen molar-refractivity contribution in [3.8, 4) is 11.8 Å². The van der Waals surface area contributed by atoms with Crippen LogP contribution in [0.3, 0.4) is 0 Å². The molecule has 0 unspecified atom stereocenters. The van der Waals surface area contributed by atoms with Crippen molar-refractivity contribution in [3.63, 3.8) is 0 Å². The van der Waals surface area contributed by atoms with Gasteiger partial charge in [0.1, 0.15) is 5.56 Å². The largest absolute Gasteiger partial charge is 0.481 e. The van der Waals surface area contributed by atoms with Gasteiger partial charge in [0.25, 0.3) is 5.91 Å². The van der Waals surface area contributed by atoms with Gasteiger partial charge in [-0.1, -0.05) is 0 Å². The van der Waals surface area contributed by atoms with Crippen molar-refractivity contribution in [3.05, 3.63) is 17.7 Å². The van der Waals surface area contributed by atoms with E-state index >= 15 is 0 Å². The van der Waals surface area contributed by atoms with Gasteiger partial charge in [-0.3, -0.25) is 4.79 Å². The number of carbonyl (C=O) groups excluding carboxylic acids is 1. The number of nitrogens with zero attached hydrogens (tertiary/aromatic N) is 3. The van der Waals surface area contributed by atoms with Crippen molar-refractivity contribution in [1.29, 1.82) is 0 Å². The van der Waals surface area contributed by atoms with E-state index in [0.717, 1.165) is 13.0 Å². The number of carbonyl (C=O) groups is 1. The Hall–Kier alpha value is -1.86. The minimum atomic E-state index is -0.121. The number of rotatable bonds is 6. The zero-order valence-electron chi connectivity index (χ0n) is 14.9. The summed E-state index contributed by atoms with van der Waals surface area (Å²) in [4.78, 5) is 21.0. The van der Waals surface area contributed by atoms with Gasteiger partial charge in [-0.2, -0.15) is 4.98 Å². The van der Waals surface area contributed by atoms with Gasteiger partial charge < -0.3 is 24.4 Å². The number of likely N-dealkylation sites (tertiary alicyclic amines) is 1. The Labute approximate surface area is 143 Å². The average Bonchev–Trinajstić information content (AvgIpc) is 2.59. The van der Waals surface area contributed by atoms with Crippen molar-refractivity contribution in [2.75, 3.05) is 54.6 Å². The highest BCUT2D eigenvalue weighted by atomic mass is 16.5. The average molecular weight is 337 g/mol. The third kappa shape index (κ3) is 4.36. The Morgan fingerprint density at radius 3 is 2.58 bits per heavy atom. The first-order valence-electron chi connectivity index (χ1n) is 8.12. The summed E-state index contributed by atoms with van der Waals surface area (Å²) in [6.07, 6.45) is 0.927. The van der Waals surface area contributed by atoms with E-state index in [1.165, 1.54) is 14.2 Å². The lowest BCUT2D eigenvalue weighted by Gasteiger charge is -2.38. The summed E-state index contributed by atoms with van der Waals surface area (Å²) in [5, 5.41) is 9.58. The summed E-state index contributed by atoms with van der Waals surface area (Å²) in [5.74, 6) is 0.983. The van der Waals surface area contributed by atoms with Gasteiger partial charge in [0.15, 0.2) is 0 Å². The van der Waals surface area contributed by atoms with Crippen LogP contribution in [0.1, 0.15) is 16.8 Å². The molecule has 0 spiro atoms. The molecule has 0 aliphatic carbocycles. The molecule has 2 heterocycles. The van der Waals surface area contributed by atoms with Crippen LogP contribution >= 0.6 is 0 Å². The number of pyridine rings is 1. The molecular weight excluding hydrogens is 310 g/mol. The molecular formula is C17H27N3O4. The highest BCUT2D eigenvalue weighted by molar-refractivity contribution is 5.96. The summed E-state index contributed by atoms with van der Waals surface area (Å²) < 4.78 is 10.3. The summed E-state index contributed by atoms with van der Waals surface area (Å²) >= 11 is 0. The third-order valence-corrected chi connectivity index (χ3v) is 4.26. The van der Waals surface area contributed by atoms with Crippen LogP contribution in [-0.2, 0) is 0 Å². The van der Waals surface area contributed by atoms with Crippen LogP contribution < -0.4 is 9.47 Å². The first kappa shape index (κ1) is 18.5. The van der Waals surface area contributed by atoms with Crippen LogP contribution in [0.4, 0.5) is 0 Å². The number of hydrogen-bond acceptors (Lipinski definition) is 6. The fraction of sp³-hybridized carbons (Fsp3) is 0.647. The lowest BCUT2D eigenvalue weighted by atomic mass is 9.89. The molecule has 1 aromatic heterocycles. The molecule has 0 aromatic carbocycles. The third-order valence-electron chi connectivity index (χ3n) is 4.26. The summed E-state index contributed by atoms with van der Waals surface area (Å²) in [5.41, 5.74) is 0.417. The second kappa shape index (κ2) is 8.30. The van der Waals surface area contributed by atoms with Crippen molar-refractivity contribution in [2.24, 2.45) is 11.8 Å². The molecule has 1 aromatic rings. The summed E-state index contributed by atoms with van der Waals surface area (Å²) in [6.45, 7) is 2.20. The Kier molecular flexibility index (Phi) is 6.39. The topological polar surface area (TPSA) is 75.1 Å². The van der Waals surface area contributed by atoms with E-state index in [0.29, 0.717) is 30.5 Å². The van der Waals surface area contributed by atoms with Gasteiger partial charge in [-0.15, -0.1) is 0 Å². The number of piperidine rings is 1. The van der Waals surface area contributed by atoms with E-state index in [1.54, 1.807) is 17.0 Å². The predicted octanol–water partition coefficient (Wildman–Crippen LogP) is 0.731. The Morgan fingerprint density at radius 1 is 1.29 bits per heavy atom. The number of ether oxygens (including phenoxy) is 2. The van der Waals surface area contributed by atoms with Gasteiger partial charge in [0.2, 0.25) is 11.8 Å². The van der Waals surface area contributed by atoms with Gasteiger partial charge in [-0.25, -0.2) is 0 Å². The molecule has 7 heteroatoms. The molecule has 1 fully saturated rings. The minimum absolute atomic E-state index is 0.0890. The second-order valence-electron chi connectivity index (χ2n) is 6.53. The molecule has 2 rings (SSSR count). The van der Waals surface area contributed by atoms with Gasteiger partial charge >= 0.3 is 0 Å². The van der Waals surface area contributed by atoms with Gasteiger partial charge in [0.05, 0.1) is 14.2 Å². The summed E-state index contributed by atoms with van der Waals surface area (Å²) in [6, 6.07) is 3.33. The maximum atomic E-state index is 12.9. The van der Waals surface area contributed by atoms with Crippen LogP contribution in [0.25, 0.3) is 0 Å². The smallest absolute Gasteiger partial charge is 0.259 e. The first-order valence-corrected chi connectivity index (χ1v) is 8.12. The number of aliphatic hydroxyl groups excluding tert-OH is 1. The van der Waals surface area contributed by atoms with Crippen LogP contribution in [0.5, 0.6) is 11.8 Å². The molecule has 2 atom stereocenters. The Bertz CT molecular complexity index is 565. The standard InChI is InChI=1S/C17H27N3O4/c1-19(2)8-12-7-13(11-21)10-20(9-12)17(22)14-5-6-15(23-3)18-16(14)24-4/h5-6,12-13,21H,7-11H2,1-4H3/t12-,13+/m1/s1. The predicted molar refractivity (Wildman–Crippen MR) is 90.5 cm³/mol. The number of hydrogen-bond donors (Lipinski definition) is 1. The monoisotopic (exact) mass is 337 g/mol. The highest BCUT2D eigenvalue weighted by Gasteiger charge is 2.31. The minimum Gasteiger partial charge on any atom is -0.481 e. The Balaban J connectivity index is 2.20. The maximum Gasteiger partial charge on any atom is 0.259 e. The number of aromatic nitrogens is 1. The molecule has 0 bridgehead atoms. The van der Waals surface area contributed by atoms with Crippen molar-refractivity contribution < 1.29 is 19.4 Å². The lowest BCUT2D eigenvalue weighted by molar-refractivity contribution is 0.0474. The second-order valence-corrected chi connectivity index (χ2v) is 6.53. The van der Waals surface area contributed by atoms with Crippen molar-refractivity contribution in [1.82, 2.24) is 14.8 Å². The van der Waals surface area contributed by atoms with Crippen molar-refractivity contribution >= 4 is 5.91 Å². The maximum absolute atomic E-state index is 12.9. The molecule has 1 N–H and O–H groups in total. The van der Waals surface area contributed by atoms with E-state index in [1.807, 2.05) is 14.1 Å². The van der Waals surface area contributed by atoms with E-state index in [9.17, 15) is 9.90 Å². The fourth-order valence-corrected chi connectivity index (χ4v) is 3.29. The molecule has 24 heavy (non-hydrogen) atoms. The van der Waals surface area contributed by atoms with Gasteiger partial charge in [0, 0.05) is 32.3 Å². The molecule has 1 saturated heterocycles. The molecule has 0 saturated carbocycles. The zero-order valence-corrected chi connectivity index (χ0v) is 14.9. The highest BCUT2D eigenvalue weighted by Crippen LogP contribution is 2.27. The van der Waals surface area contributed by atoms with Crippen LogP contribution in [0.2, 0.25) is 0 Å². The number of aliphatic hydroxyl groups is 1. The molecule has 1 amide bonds. The molecule has 134 valence electrons. The van der Waals surface area contributed by atoms with E-state index in [2.05, 4.69) is 9.88 Å². The van der Waals surface area contributed by atoms with E-state index in [4.69, 9.17) is 9.47 Å². The zero-order chi connectivity index (χ0) is 17.7. The Morgan fingerprint density at radius 2 is 2.00 bits per heavy atom.